The third-order valence-electron chi connectivity index (χ3n) is 3.56. The van der Waals surface area contributed by atoms with Crippen LogP contribution in [-0.2, 0) is 6.18 Å². The zero-order chi connectivity index (χ0) is 18.7. The Hall–Kier alpha value is -2.49. The van der Waals surface area contributed by atoms with Crippen molar-refractivity contribution in [3.05, 3.63) is 76.9 Å². The van der Waals surface area contributed by atoms with E-state index in [1.165, 1.54) is 12.3 Å². The number of aromatic nitrogens is 1. The van der Waals surface area contributed by atoms with Gasteiger partial charge in [0.2, 0.25) is 0 Å². The average Bonchev–Trinajstić information content (AvgIpc) is 2.62. The molecule has 0 fully saturated rings. The summed E-state index contributed by atoms with van der Waals surface area (Å²) < 4.78 is 38.6. The van der Waals surface area contributed by atoms with Crippen molar-refractivity contribution in [2.24, 2.45) is 0 Å². The number of benzene rings is 2. The Bertz CT molecular complexity index is 979. The average molecular weight is 391 g/mol. The van der Waals surface area contributed by atoms with Crippen LogP contribution in [0.3, 0.4) is 0 Å². The summed E-state index contributed by atoms with van der Waals surface area (Å²) in [4.78, 5) is 4.53. The van der Waals surface area contributed by atoms with Crippen molar-refractivity contribution >= 4 is 23.4 Å². The summed E-state index contributed by atoms with van der Waals surface area (Å²) in [6, 6.07) is 15.7. The monoisotopic (exact) mass is 390 g/mol. The first kappa shape index (κ1) is 18.3. The molecule has 0 saturated heterocycles. The molecule has 3 rings (SSSR count). The molecule has 0 saturated carbocycles. The van der Waals surface area contributed by atoms with E-state index in [0.29, 0.717) is 26.1 Å². The minimum Gasteiger partial charge on any atom is -0.248 e. The van der Waals surface area contributed by atoms with E-state index in [2.05, 4.69) is 11.1 Å². The highest BCUT2D eigenvalue weighted by Crippen LogP contribution is 2.37. The largest absolute Gasteiger partial charge is 0.416 e. The van der Waals surface area contributed by atoms with Crippen LogP contribution in [0.15, 0.2) is 70.7 Å². The van der Waals surface area contributed by atoms with Gasteiger partial charge in [-0.3, -0.25) is 0 Å². The molecule has 2 nitrogen and oxygen atoms in total. The molecule has 0 amide bonds. The van der Waals surface area contributed by atoms with Gasteiger partial charge in [0.25, 0.3) is 0 Å². The van der Waals surface area contributed by atoms with Gasteiger partial charge in [0.1, 0.15) is 11.1 Å². The first-order valence-electron chi connectivity index (χ1n) is 7.38. The molecule has 0 atom stereocenters. The highest BCUT2D eigenvalue weighted by atomic mass is 35.5. The van der Waals surface area contributed by atoms with Crippen molar-refractivity contribution in [2.75, 3.05) is 0 Å². The Kier molecular flexibility index (Phi) is 5.21. The molecule has 2 aromatic carbocycles. The van der Waals surface area contributed by atoms with Crippen LogP contribution in [0.25, 0.3) is 11.1 Å². The lowest BCUT2D eigenvalue weighted by molar-refractivity contribution is -0.137. The zero-order valence-corrected chi connectivity index (χ0v) is 14.7. The molecule has 0 N–H and O–H groups in total. The number of halogens is 4. The lowest BCUT2D eigenvalue weighted by Crippen LogP contribution is -2.04. The molecule has 0 bridgehead atoms. The Morgan fingerprint density at radius 1 is 1.04 bits per heavy atom. The van der Waals surface area contributed by atoms with E-state index < -0.39 is 11.7 Å². The van der Waals surface area contributed by atoms with Gasteiger partial charge in [-0.2, -0.15) is 18.4 Å². The van der Waals surface area contributed by atoms with Crippen molar-refractivity contribution < 1.29 is 13.2 Å². The number of rotatable bonds is 3. The highest BCUT2D eigenvalue weighted by Gasteiger charge is 2.30. The summed E-state index contributed by atoms with van der Waals surface area (Å²) in [6.07, 6.45) is -2.89. The number of pyridine rings is 1. The Balaban J connectivity index is 2.01. The van der Waals surface area contributed by atoms with Gasteiger partial charge in [0.05, 0.1) is 11.1 Å². The standard InChI is InChI=1S/C19H10ClF3N2S/c20-14-6-4-12(5-7-14)16-8-9-25-18(17(16)11-24)26-15-3-1-2-13(10-15)19(21,22)23/h1-10H. The molecule has 3 aromatic rings. The van der Waals surface area contributed by atoms with Crippen LogP contribution in [0.5, 0.6) is 0 Å². The molecule has 0 unspecified atom stereocenters. The van der Waals surface area contributed by atoms with E-state index >= 15 is 0 Å². The second-order valence-electron chi connectivity index (χ2n) is 5.29. The van der Waals surface area contributed by atoms with E-state index in [1.54, 1.807) is 36.4 Å². The van der Waals surface area contributed by atoms with E-state index in [1.807, 2.05) is 0 Å². The van der Waals surface area contributed by atoms with Crippen molar-refractivity contribution in [2.45, 2.75) is 16.1 Å². The fourth-order valence-electron chi connectivity index (χ4n) is 2.35. The first-order valence-corrected chi connectivity index (χ1v) is 8.58. The zero-order valence-electron chi connectivity index (χ0n) is 13.1. The lowest BCUT2D eigenvalue weighted by Gasteiger charge is -2.10. The topological polar surface area (TPSA) is 36.7 Å². The maximum absolute atomic E-state index is 12.9. The van der Waals surface area contributed by atoms with Gasteiger partial charge in [-0.25, -0.2) is 4.98 Å². The van der Waals surface area contributed by atoms with Gasteiger partial charge >= 0.3 is 6.18 Å². The predicted octanol–water partition coefficient (Wildman–Crippen LogP) is 6.44. The van der Waals surface area contributed by atoms with Gasteiger partial charge < -0.3 is 0 Å². The summed E-state index contributed by atoms with van der Waals surface area (Å²) in [5, 5.41) is 10.5. The third kappa shape index (κ3) is 4.01. The second-order valence-corrected chi connectivity index (χ2v) is 6.78. The summed E-state index contributed by atoms with van der Waals surface area (Å²) in [6.45, 7) is 0. The highest BCUT2D eigenvalue weighted by molar-refractivity contribution is 7.99. The van der Waals surface area contributed by atoms with Crippen LogP contribution in [0.1, 0.15) is 11.1 Å². The molecule has 1 aromatic heterocycles. The second kappa shape index (κ2) is 7.40. The molecule has 1 heterocycles. The molecule has 0 aliphatic heterocycles. The van der Waals surface area contributed by atoms with Crippen molar-refractivity contribution in [1.82, 2.24) is 4.98 Å². The molecular weight excluding hydrogens is 381 g/mol. The molecular formula is C19H10ClF3N2S. The first-order chi connectivity index (χ1) is 12.4. The number of hydrogen-bond acceptors (Lipinski definition) is 3. The van der Waals surface area contributed by atoms with Gasteiger partial charge in [0, 0.05) is 21.7 Å². The molecule has 0 radical (unpaired) electrons. The SMILES string of the molecule is N#Cc1c(-c2ccc(Cl)cc2)ccnc1Sc1cccc(C(F)(F)F)c1. The maximum Gasteiger partial charge on any atom is 0.416 e. The summed E-state index contributed by atoms with van der Waals surface area (Å²) in [7, 11) is 0. The normalized spacial score (nSPS) is 11.2. The van der Waals surface area contributed by atoms with Crippen LogP contribution in [0.4, 0.5) is 13.2 Å². The quantitative estimate of drug-likeness (QED) is 0.516. The fourth-order valence-corrected chi connectivity index (χ4v) is 3.40. The maximum atomic E-state index is 12.9. The van der Waals surface area contributed by atoms with Gasteiger partial charge in [-0.1, -0.05) is 41.6 Å². The summed E-state index contributed by atoms with van der Waals surface area (Å²) in [5.74, 6) is 0. The van der Waals surface area contributed by atoms with Crippen molar-refractivity contribution in [3.63, 3.8) is 0 Å². The minimum absolute atomic E-state index is 0.303. The molecule has 7 heteroatoms. The van der Waals surface area contributed by atoms with E-state index in [0.717, 1.165) is 29.5 Å². The lowest BCUT2D eigenvalue weighted by atomic mass is 10.0. The van der Waals surface area contributed by atoms with E-state index in [4.69, 9.17) is 11.6 Å². The van der Waals surface area contributed by atoms with Gasteiger partial charge in [-0.15, -0.1) is 0 Å². The van der Waals surface area contributed by atoms with Crippen molar-refractivity contribution in [3.8, 4) is 17.2 Å². The number of nitrogens with zero attached hydrogens (tertiary/aromatic N) is 2. The van der Waals surface area contributed by atoms with Crippen molar-refractivity contribution in [1.29, 1.82) is 5.26 Å². The van der Waals surface area contributed by atoms with Crippen LogP contribution in [0, 0.1) is 11.3 Å². The molecule has 0 aliphatic carbocycles. The van der Waals surface area contributed by atoms with Gasteiger partial charge in [0.15, 0.2) is 0 Å². The summed E-state index contributed by atoms with van der Waals surface area (Å²) >= 11 is 6.91. The number of alkyl halides is 3. The van der Waals surface area contributed by atoms with Crippen LogP contribution >= 0.6 is 23.4 Å². The van der Waals surface area contributed by atoms with Crippen LogP contribution in [-0.4, -0.2) is 4.98 Å². The minimum atomic E-state index is -4.42. The van der Waals surface area contributed by atoms with E-state index in [9.17, 15) is 18.4 Å². The van der Waals surface area contributed by atoms with Crippen LogP contribution < -0.4 is 0 Å². The predicted molar refractivity (Wildman–Crippen MR) is 95.0 cm³/mol. The van der Waals surface area contributed by atoms with Gasteiger partial charge in [-0.05, 0) is 42.0 Å². The molecule has 26 heavy (non-hydrogen) atoms. The Morgan fingerprint density at radius 2 is 1.77 bits per heavy atom. The van der Waals surface area contributed by atoms with Crippen LogP contribution in [0.2, 0.25) is 5.02 Å². The Labute approximate surface area is 157 Å². The number of nitriles is 1. The smallest absolute Gasteiger partial charge is 0.248 e. The number of hydrogen-bond donors (Lipinski definition) is 0. The fraction of sp³-hybridized carbons (Fsp3) is 0.0526. The van der Waals surface area contributed by atoms with E-state index in [-0.39, 0.29) is 0 Å². The molecule has 0 aliphatic rings. The molecule has 130 valence electrons. The third-order valence-corrected chi connectivity index (χ3v) is 4.80. The molecule has 0 spiro atoms. The Morgan fingerprint density at radius 3 is 2.42 bits per heavy atom. The summed E-state index contributed by atoms with van der Waals surface area (Å²) in [5.41, 5.74) is 0.986.